The van der Waals surface area contributed by atoms with Crippen LogP contribution in [0.5, 0.6) is 0 Å². The van der Waals surface area contributed by atoms with Crippen molar-refractivity contribution in [2.45, 2.75) is 27.2 Å². The molecule has 0 radical (unpaired) electrons. The third-order valence-electron chi connectivity index (χ3n) is 3.00. The Bertz CT molecular complexity index is 503. The standard InChI is InChI=1S/C15H21BrN2OS/c1-10(2)9-18(8-7-14(17)20)15(19)12-5-4-6-13(16)11(12)3/h4-6,10H,7-9H2,1-3H3,(H2,17,20). The number of carbonyl (C=O) groups is 1. The Morgan fingerprint density at radius 2 is 2.10 bits per heavy atom. The van der Waals surface area contributed by atoms with Gasteiger partial charge in [0.15, 0.2) is 0 Å². The van der Waals surface area contributed by atoms with Gasteiger partial charge in [0.2, 0.25) is 0 Å². The molecular weight excluding hydrogens is 336 g/mol. The molecule has 0 unspecified atom stereocenters. The van der Waals surface area contributed by atoms with E-state index < -0.39 is 0 Å². The minimum atomic E-state index is 0.0359. The molecule has 5 heteroatoms. The monoisotopic (exact) mass is 356 g/mol. The molecule has 20 heavy (non-hydrogen) atoms. The van der Waals surface area contributed by atoms with E-state index in [2.05, 4.69) is 29.8 Å². The minimum absolute atomic E-state index is 0.0359. The van der Waals surface area contributed by atoms with Gasteiger partial charge in [0, 0.05) is 29.5 Å². The molecule has 0 aliphatic rings. The van der Waals surface area contributed by atoms with Gasteiger partial charge in [-0.3, -0.25) is 4.79 Å². The van der Waals surface area contributed by atoms with Crippen LogP contribution in [-0.2, 0) is 0 Å². The second kappa shape index (κ2) is 7.74. The van der Waals surface area contributed by atoms with Crippen LogP contribution >= 0.6 is 28.1 Å². The number of hydrogen-bond donors (Lipinski definition) is 1. The molecule has 0 heterocycles. The summed E-state index contributed by atoms with van der Waals surface area (Å²) in [4.78, 5) is 15.0. The minimum Gasteiger partial charge on any atom is -0.393 e. The SMILES string of the molecule is Cc1c(Br)cccc1C(=O)N(CCC(N)=S)CC(C)C. The van der Waals surface area contributed by atoms with E-state index in [1.165, 1.54) is 0 Å². The molecule has 0 bridgehead atoms. The summed E-state index contributed by atoms with van der Waals surface area (Å²) >= 11 is 8.37. The van der Waals surface area contributed by atoms with Gasteiger partial charge in [-0.1, -0.05) is 48.1 Å². The quantitative estimate of drug-likeness (QED) is 0.793. The van der Waals surface area contributed by atoms with Crippen molar-refractivity contribution in [2.24, 2.45) is 11.7 Å². The molecule has 1 aromatic rings. The summed E-state index contributed by atoms with van der Waals surface area (Å²) < 4.78 is 0.946. The highest BCUT2D eigenvalue weighted by molar-refractivity contribution is 9.10. The van der Waals surface area contributed by atoms with Gasteiger partial charge in [0.05, 0.1) is 4.99 Å². The van der Waals surface area contributed by atoms with Crippen LogP contribution in [0.1, 0.15) is 36.2 Å². The lowest BCUT2D eigenvalue weighted by Crippen LogP contribution is -2.36. The molecular formula is C15H21BrN2OS. The first kappa shape index (κ1) is 17.1. The van der Waals surface area contributed by atoms with Gasteiger partial charge >= 0.3 is 0 Å². The number of carbonyl (C=O) groups excluding carboxylic acids is 1. The van der Waals surface area contributed by atoms with Crippen molar-refractivity contribution in [3.05, 3.63) is 33.8 Å². The Hall–Kier alpha value is -0.940. The lowest BCUT2D eigenvalue weighted by molar-refractivity contribution is 0.0740. The summed E-state index contributed by atoms with van der Waals surface area (Å²) in [6, 6.07) is 5.68. The largest absolute Gasteiger partial charge is 0.393 e. The summed E-state index contributed by atoms with van der Waals surface area (Å²) in [5.41, 5.74) is 7.24. The molecule has 0 aliphatic carbocycles. The van der Waals surface area contributed by atoms with E-state index in [0.29, 0.717) is 30.4 Å². The number of halogens is 1. The highest BCUT2D eigenvalue weighted by Crippen LogP contribution is 2.21. The van der Waals surface area contributed by atoms with Crippen molar-refractivity contribution in [2.75, 3.05) is 13.1 Å². The Morgan fingerprint density at radius 1 is 1.45 bits per heavy atom. The Labute approximate surface area is 134 Å². The van der Waals surface area contributed by atoms with Gasteiger partial charge in [0.1, 0.15) is 0 Å². The Morgan fingerprint density at radius 3 is 2.65 bits per heavy atom. The molecule has 2 N–H and O–H groups in total. The van der Waals surface area contributed by atoms with E-state index >= 15 is 0 Å². The third-order valence-corrected chi connectivity index (χ3v) is 4.06. The van der Waals surface area contributed by atoms with Crippen LogP contribution in [0.4, 0.5) is 0 Å². The van der Waals surface area contributed by atoms with Crippen LogP contribution in [0.3, 0.4) is 0 Å². The lowest BCUT2D eigenvalue weighted by atomic mass is 10.1. The normalized spacial score (nSPS) is 10.7. The van der Waals surface area contributed by atoms with E-state index in [0.717, 1.165) is 15.6 Å². The molecule has 3 nitrogen and oxygen atoms in total. The van der Waals surface area contributed by atoms with Crippen molar-refractivity contribution in [1.29, 1.82) is 0 Å². The first-order valence-corrected chi connectivity index (χ1v) is 7.85. The van der Waals surface area contributed by atoms with Crippen LogP contribution in [0.2, 0.25) is 0 Å². The summed E-state index contributed by atoms with van der Waals surface area (Å²) in [7, 11) is 0. The van der Waals surface area contributed by atoms with Gasteiger partial charge in [-0.15, -0.1) is 0 Å². The van der Waals surface area contributed by atoms with Crippen LogP contribution in [0, 0.1) is 12.8 Å². The van der Waals surface area contributed by atoms with Crippen molar-refractivity contribution in [1.82, 2.24) is 4.90 Å². The maximum absolute atomic E-state index is 12.7. The van der Waals surface area contributed by atoms with Gasteiger partial charge in [-0.2, -0.15) is 0 Å². The molecule has 0 aromatic heterocycles. The number of amides is 1. The molecule has 0 fully saturated rings. The molecule has 0 saturated carbocycles. The fourth-order valence-corrected chi connectivity index (χ4v) is 2.43. The van der Waals surface area contributed by atoms with Gasteiger partial charge < -0.3 is 10.6 Å². The predicted molar refractivity (Wildman–Crippen MR) is 91.0 cm³/mol. The van der Waals surface area contributed by atoms with E-state index in [4.69, 9.17) is 18.0 Å². The van der Waals surface area contributed by atoms with E-state index in [1.54, 1.807) is 0 Å². The van der Waals surface area contributed by atoms with E-state index in [-0.39, 0.29) is 5.91 Å². The summed E-state index contributed by atoms with van der Waals surface area (Å²) in [5.74, 6) is 0.437. The molecule has 0 aliphatic heterocycles. The maximum Gasteiger partial charge on any atom is 0.254 e. The topological polar surface area (TPSA) is 46.3 Å². The van der Waals surface area contributed by atoms with Crippen molar-refractivity contribution >= 4 is 39.0 Å². The van der Waals surface area contributed by atoms with Crippen molar-refractivity contribution in [3.63, 3.8) is 0 Å². The smallest absolute Gasteiger partial charge is 0.254 e. The average Bonchev–Trinajstić information content (AvgIpc) is 2.36. The van der Waals surface area contributed by atoms with E-state index in [9.17, 15) is 4.79 Å². The number of thiocarbonyl (C=S) groups is 1. The average molecular weight is 357 g/mol. The van der Waals surface area contributed by atoms with Crippen LogP contribution in [0.25, 0.3) is 0 Å². The Kier molecular flexibility index (Phi) is 6.62. The molecule has 0 saturated heterocycles. The Balaban J connectivity index is 2.96. The highest BCUT2D eigenvalue weighted by atomic mass is 79.9. The van der Waals surface area contributed by atoms with Gasteiger partial charge in [-0.05, 0) is 30.5 Å². The zero-order chi connectivity index (χ0) is 15.3. The number of benzene rings is 1. The van der Waals surface area contributed by atoms with Crippen molar-refractivity contribution < 1.29 is 4.79 Å². The van der Waals surface area contributed by atoms with Crippen LogP contribution in [0.15, 0.2) is 22.7 Å². The maximum atomic E-state index is 12.7. The zero-order valence-electron chi connectivity index (χ0n) is 12.1. The van der Waals surface area contributed by atoms with E-state index in [1.807, 2.05) is 30.0 Å². The summed E-state index contributed by atoms with van der Waals surface area (Å²) in [6.45, 7) is 7.40. The second-order valence-electron chi connectivity index (χ2n) is 5.27. The predicted octanol–water partition coefficient (Wildman–Crippen LogP) is 3.53. The molecule has 1 amide bonds. The first-order chi connectivity index (χ1) is 9.32. The van der Waals surface area contributed by atoms with Gasteiger partial charge in [-0.25, -0.2) is 0 Å². The number of hydrogen-bond acceptors (Lipinski definition) is 2. The fourth-order valence-electron chi connectivity index (χ4n) is 1.97. The highest BCUT2D eigenvalue weighted by Gasteiger charge is 2.19. The summed E-state index contributed by atoms with van der Waals surface area (Å²) in [6.07, 6.45) is 0.556. The summed E-state index contributed by atoms with van der Waals surface area (Å²) in [5, 5.41) is 0. The second-order valence-corrected chi connectivity index (χ2v) is 6.65. The third kappa shape index (κ3) is 4.87. The number of rotatable bonds is 6. The molecule has 0 spiro atoms. The van der Waals surface area contributed by atoms with Gasteiger partial charge in [0.25, 0.3) is 5.91 Å². The number of nitrogens with two attached hydrogens (primary N) is 1. The molecule has 110 valence electrons. The van der Waals surface area contributed by atoms with Crippen LogP contribution in [-0.4, -0.2) is 28.9 Å². The molecule has 1 aromatic carbocycles. The number of nitrogens with zero attached hydrogens (tertiary/aromatic N) is 1. The van der Waals surface area contributed by atoms with Crippen LogP contribution < -0.4 is 5.73 Å². The zero-order valence-corrected chi connectivity index (χ0v) is 14.6. The first-order valence-electron chi connectivity index (χ1n) is 6.65. The van der Waals surface area contributed by atoms with Crippen molar-refractivity contribution in [3.8, 4) is 0 Å². The fraction of sp³-hybridized carbons (Fsp3) is 0.467. The molecule has 1 rings (SSSR count). The molecule has 0 atom stereocenters. The lowest BCUT2D eigenvalue weighted by Gasteiger charge is -2.25.